The lowest BCUT2D eigenvalue weighted by Gasteiger charge is -2.12. The number of benzene rings is 2. The van der Waals surface area contributed by atoms with E-state index >= 15 is 0 Å². The van der Waals surface area contributed by atoms with Crippen LogP contribution in [0.3, 0.4) is 0 Å². The lowest BCUT2D eigenvalue weighted by Crippen LogP contribution is -2.09. The number of ether oxygens (including phenoxy) is 1. The summed E-state index contributed by atoms with van der Waals surface area (Å²) in [5, 5.41) is 18.8. The number of nitrogens with zero attached hydrogens (tertiary/aromatic N) is 3. The van der Waals surface area contributed by atoms with Crippen LogP contribution in [0.25, 0.3) is 28.1 Å². The number of aromatic nitrogens is 3. The summed E-state index contributed by atoms with van der Waals surface area (Å²) in [5.41, 5.74) is 2.02. The fourth-order valence-electron chi connectivity index (χ4n) is 3.35. The summed E-state index contributed by atoms with van der Waals surface area (Å²) >= 11 is 12.4. The summed E-state index contributed by atoms with van der Waals surface area (Å²) in [6, 6.07) is 12.3. The number of fused-ring (bicyclic) bond motifs is 1. The van der Waals surface area contributed by atoms with Gasteiger partial charge in [-0.2, -0.15) is 0 Å². The van der Waals surface area contributed by atoms with Gasteiger partial charge in [-0.1, -0.05) is 41.4 Å². The Morgan fingerprint density at radius 2 is 1.76 bits per heavy atom. The van der Waals surface area contributed by atoms with Crippen LogP contribution >= 0.6 is 23.2 Å². The van der Waals surface area contributed by atoms with Gasteiger partial charge in [0.1, 0.15) is 17.1 Å². The minimum absolute atomic E-state index is 0.0772. The molecule has 4 rings (SSSR count). The lowest BCUT2D eigenvalue weighted by molar-refractivity contribution is -0.131. The maximum atomic E-state index is 13.3. The molecule has 0 amide bonds. The number of hydrogen-bond acceptors (Lipinski definition) is 6. The number of pyridine rings is 1. The normalized spacial score (nSPS) is 11.1. The molecular weight excluding hydrogens is 465 g/mol. The highest BCUT2D eigenvalue weighted by Crippen LogP contribution is 2.33. The Kier molecular flexibility index (Phi) is 6.35. The van der Waals surface area contributed by atoms with E-state index in [1.54, 1.807) is 36.4 Å². The van der Waals surface area contributed by atoms with Gasteiger partial charge in [-0.15, -0.1) is 10.2 Å². The highest BCUT2D eigenvalue weighted by Gasteiger charge is 2.23. The number of carbonyl (C=O) groups is 2. The van der Waals surface area contributed by atoms with Crippen molar-refractivity contribution in [3.63, 3.8) is 0 Å². The number of carboxylic acids is 1. The Labute approximate surface area is 198 Å². The molecule has 0 atom stereocenters. The molecule has 0 spiro atoms. The second kappa shape index (κ2) is 9.36. The molecule has 9 heteroatoms. The largest absolute Gasteiger partial charge is 0.497 e. The van der Waals surface area contributed by atoms with Crippen molar-refractivity contribution in [3.05, 3.63) is 87.8 Å². The number of ketones is 1. The van der Waals surface area contributed by atoms with Gasteiger partial charge in [-0.25, -0.2) is 4.79 Å². The van der Waals surface area contributed by atoms with Crippen molar-refractivity contribution in [2.45, 2.75) is 0 Å². The number of hydrogen-bond donors (Lipinski definition) is 1. The second-order valence-corrected chi connectivity index (χ2v) is 7.73. The monoisotopic (exact) mass is 479 g/mol. The summed E-state index contributed by atoms with van der Waals surface area (Å²) in [6.07, 6.45) is 5.21. The maximum absolute atomic E-state index is 13.3. The van der Waals surface area contributed by atoms with E-state index in [0.717, 1.165) is 6.08 Å². The van der Waals surface area contributed by atoms with E-state index in [1.165, 1.54) is 25.6 Å². The average molecular weight is 480 g/mol. The summed E-state index contributed by atoms with van der Waals surface area (Å²) in [7, 11) is 1.54. The standard InChI is InChI=1S/C24H15Cl2N3O4/c1-33-15-6-7-16-17(10-15)22(14-4-2-3-13(9-14)5-8-20(30)31)28-29-23(16)24(32)21-18(25)11-27-12-19(21)26/h2-12H,1H3,(H,30,31). The predicted molar refractivity (Wildman–Crippen MR) is 126 cm³/mol. The Balaban J connectivity index is 1.92. The first-order valence-electron chi connectivity index (χ1n) is 9.58. The van der Waals surface area contributed by atoms with Crippen LogP contribution in [0.1, 0.15) is 21.6 Å². The molecule has 0 saturated heterocycles. The first-order valence-corrected chi connectivity index (χ1v) is 10.3. The zero-order valence-electron chi connectivity index (χ0n) is 17.1. The van der Waals surface area contributed by atoms with Crippen molar-refractivity contribution >= 4 is 51.8 Å². The van der Waals surface area contributed by atoms with Crippen LogP contribution in [0.4, 0.5) is 0 Å². The molecule has 0 bridgehead atoms. The summed E-state index contributed by atoms with van der Waals surface area (Å²) in [5.74, 6) is -0.969. The van der Waals surface area contributed by atoms with E-state index in [4.69, 9.17) is 33.0 Å². The maximum Gasteiger partial charge on any atom is 0.328 e. The van der Waals surface area contributed by atoms with Crippen molar-refractivity contribution in [2.75, 3.05) is 7.11 Å². The molecule has 0 aliphatic heterocycles. The lowest BCUT2D eigenvalue weighted by atomic mass is 9.98. The van der Waals surface area contributed by atoms with Crippen LogP contribution in [0, 0.1) is 0 Å². The van der Waals surface area contributed by atoms with Gasteiger partial charge in [0.2, 0.25) is 5.78 Å². The molecule has 2 aromatic heterocycles. The van der Waals surface area contributed by atoms with Gasteiger partial charge in [0.15, 0.2) is 0 Å². The van der Waals surface area contributed by atoms with Crippen molar-refractivity contribution in [2.24, 2.45) is 0 Å². The number of methoxy groups -OCH3 is 1. The highest BCUT2D eigenvalue weighted by molar-refractivity contribution is 6.41. The topological polar surface area (TPSA) is 102 Å². The van der Waals surface area contributed by atoms with Crippen LogP contribution in [-0.2, 0) is 4.79 Å². The minimum atomic E-state index is -1.05. The Morgan fingerprint density at radius 1 is 1.00 bits per heavy atom. The van der Waals surface area contributed by atoms with E-state index in [0.29, 0.717) is 33.3 Å². The molecule has 0 saturated carbocycles. The van der Waals surface area contributed by atoms with Crippen LogP contribution in [0.15, 0.2) is 60.9 Å². The molecule has 164 valence electrons. The molecular formula is C24H15Cl2N3O4. The van der Waals surface area contributed by atoms with E-state index in [9.17, 15) is 9.59 Å². The van der Waals surface area contributed by atoms with Crippen molar-refractivity contribution in [1.29, 1.82) is 0 Å². The Hall–Kier alpha value is -3.81. The van der Waals surface area contributed by atoms with Crippen LogP contribution in [0.5, 0.6) is 5.75 Å². The van der Waals surface area contributed by atoms with Gasteiger partial charge in [-0.05, 0) is 35.9 Å². The van der Waals surface area contributed by atoms with Gasteiger partial charge < -0.3 is 9.84 Å². The highest BCUT2D eigenvalue weighted by atomic mass is 35.5. The Morgan fingerprint density at radius 3 is 2.45 bits per heavy atom. The first-order chi connectivity index (χ1) is 15.9. The fraction of sp³-hybridized carbons (Fsp3) is 0.0417. The average Bonchev–Trinajstić information content (AvgIpc) is 2.81. The molecule has 7 nitrogen and oxygen atoms in total. The fourth-order valence-corrected chi connectivity index (χ4v) is 3.88. The quantitative estimate of drug-likeness (QED) is 0.294. The minimum Gasteiger partial charge on any atom is -0.497 e. The molecule has 0 aliphatic carbocycles. The zero-order chi connectivity index (χ0) is 23.5. The van der Waals surface area contributed by atoms with Gasteiger partial charge in [0.25, 0.3) is 0 Å². The third kappa shape index (κ3) is 4.55. The van der Waals surface area contributed by atoms with Crippen LogP contribution in [0.2, 0.25) is 10.0 Å². The molecule has 0 aliphatic rings. The van der Waals surface area contributed by atoms with Gasteiger partial charge >= 0.3 is 5.97 Å². The third-order valence-corrected chi connectivity index (χ3v) is 5.43. The van der Waals surface area contributed by atoms with Crippen LogP contribution in [-0.4, -0.2) is 39.2 Å². The Bertz CT molecular complexity index is 1420. The van der Waals surface area contributed by atoms with E-state index in [1.807, 2.05) is 6.07 Å². The molecule has 4 aromatic rings. The van der Waals surface area contributed by atoms with Crippen molar-refractivity contribution in [3.8, 4) is 17.0 Å². The third-order valence-electron chi connectivity index (χ3n) is 4.86. The van der Waals surface area contributed by atoms with Gasteiger partial charge in [0.05, 0.1) is 22.7 Å². The predicted octanol–water partition coefficient (Wildman–Crippen LogP) is 5.34. The van der Waals surface area contributed by atoms with E-state index in [-0.39, 0.29) is 21.3 Å². The van der Waals surface area contributed by atoms with Crippen LogP contribution < -0.4 is 4.74 Å². The number of rotatable bonds is 6. The molecule has 33 heavy (non-hydrogen) atoms. The molecule has 0 unspecified atom stereocenters. The number of carbonyl (C=O) groups excluding carboxylic acids is 1. The van der Waals surface area contributed by atoms with Crippen molar-refractivity contribution < 1.29 is 19.4 Å². The molecule has 2 aromatic carbocycles. The van der Waals surface area contributed by atoms with Crippen molar-refractivity contribution in [1.82, 2.24) is 15.2 Å². The summed E-state index contributed by atoms with van der Waals surface area (Å²) < 4.78 is 5.36. The number of halogens is 2. The smallest absolute Gasteiger partial charge is 0.328 e. The summed E-state index contributed by atoms with van der Waals surface area (Å²) in [6.45, 7) is 0. The van der Waals surface area contributed by atoms with Gasteiger partial charge in [0, 0.05) is 34.8 Å². The molecule has 0 fully saturated rings. The zero-order valence-corrected chi connectivity index (χ0v) is 18.6. The summed E-state index contributed by atoms with van der Waals surface area (Å²) in [4.78, 5) is 28.1. The molecule has 1 N–H and O–H groups in total. The second-order valence-electron chi connectivity index (χ2n) is 6.91. The van der Waals surface area contributed by atoms with E-state index in [2.05, 4.69) is 15.2 Å². The molecule has 0 radical (unpaired) electrons. The van der Waals surface area contributed by atoms with Gasteiger partial charge in [-0.3, -0.25) is 9.78 Å². The SMILES string of the molecule is COc1ccc2c(C(=O)c3c(Cl)cncc3Cl)nnc(-c3cccc(C=CC(=O)O)c3)c2c1. The first kappa shape index (κ1) is 22.4. The number of aliphatic carboxylic acids is 1. The van der Waals surface area contributed by atoms with E-state index < -0.39 is 11.8 Å². The molecule has 2 heterocycles. The number of carboxylic acid groups (broad SMARTS) is 1.